The Bertz CT molecular complexity index is 432. The molecule has 2 unspecified atom stereocenters. The molecule has 0 spiro atoms. The van der Waals surface area contributed by atoms with Gasteiger partial charge in [-0.1, -0.05) is 24.6 Å². The molecule has 1 amide bonds. The zero-order valence-electron chi connectivity index (χ0n) is 11.7. The predicted octanol–water partition coefficient (Wildman–Crippen LogP) is 1.68. The van der Waals surface area contributed by atoms with Crippen molar-refractivity contribution in [1.82, 2.24) is 5.32 Å². The second-order valence-electron chi connectivity index (χ2n) is 4.46. The lowest BCUT2D eigenvalue weighted by Crippen LogP contribution is -2.39. The smallest absolute Gasteiger partial charge is 0.241 e. The molecule has 0 aromatic heterocycles. The fraction of sp³-hybridized carbons (Fsp3) is 0.500. The van der Waals surface area contributed by atoms with Crippen LogP contribution < -0.4 is 10.6 Å². The summed E-state index contributed by atoms with van der Waals surface area (Å²) in [7, 11) is -0.791. The summed E-state index contributed by atoms with van der Waals surface area (Å²) in [5, 5.41) is 5.92. The summed E-state index contributed by atoms with van der Waals surface area (Å²) in [5.41, 5.74) is 1.95. The quantitative estimate of drug-likeness (QED) is 0.800. The minimum absolute atomic E-state index is 0.0777. The molecule has 0 heterocycles. The van der Waals surface area contributed by atoms with Crippen LogP contribution in [0.5, 0.6) is 0 Å². The summed E-state index contributed by atoms with van der Waals surface area (Å²) >= 11 is 0. The molecule has 19 heavy (non-hydrogen) atoms. The topological polar surface area (TPSA) is 58.2 Å². The highest BCUT2D eigenvalue weighted by atomic mass is 32.2. The van der Waals surface area contributed by atoms with Gasteiger partial charge >= 0.3 is 0 Å². The van der Waals surface area contributed by atoms with E-state index >= 15 is 0 Å². The standard InChI is InChI=1S/C14H22N2O2S/c1-4-19(18)10-9-15-12(3)14(17)16-13-7-5-11(2)6-8-13/h5-8,12,15H,4,9-10H2,1-3H3,(H,16,17). The van der Waals surface area contributed by atoms with Crippen LogP contribution in [0.4, 0.5) is 5.69 Å². The average molecular weight is 282 g/mol. The highest BCUT2D eigenvalue weighted by molar-refractivity contribution is 7.84. The second kappa shape index (κ2) is 8.07. The van der Waals surface area contributed by atoms with E-state index < -0.39 is 10.8 Å². The van der Waals surface area contributed by atoms with Crippen LogP contribution in [0.3, 0.4) is 0 Å². The third-order valence-corrected chi connectivity index (χ3v) is 4.12. The summed E-state index contributed by atoms with van der Waals surface area (Å²) in [5.74, 6) is 1.16. The Labute approximate surface area is 117 Å². The van der Waals surface area contributed by atoms with Crippen molar-refractivity contribution in [3.05, 3.63) is 29.8 Å². The minimum atomic E-state index is -0.791. The summed E-state index contributed by atoms with van der Waals surface area (Å²) in [6.07, 6.45) is 0. The van der Waals surface area contributed by atoms with Crippen molar-refractivity contribution in [1.29, 1.82) is 0 Å². The summed E-state index contributed by atoms with van der Waals surface area (Å²) in [6.45, 7) is 6.29. The van der Waals surface area contributed by atoms with Crippen LogP contribution in [0.2, 0.25) is 0 Å². The van der Waals surface area contributed by atoms with Gasteiger partial charge in [-0.15, -0.1) is 0 Å². The van der Waals surface area contributed by atoms with Gasteiger partial charge in [-0.2, -0.15) is 0 Å². The molecular formula is C14H22N2O2S. The first kappa shape index (κ1) is 15.9. The maximum absolute atomic E-state index is 11.9. The maximum Gasteiger partial charge on any atom is 0.241 e. The van der Waals surface area contributed by atoms with Gasteiger partial charge in [0.15, 0.2) is 0 Å². The van der Waals surface area contributed by atoms with E-state index in [-0.39, 0.29) is 11.9 Å². The molecule has 5 heteroatoms. The molecule has 1 rings (SSSR count). The normalized spacial score (nSPS) is 13.8. The van der Waals surface area contributed by atoms with Gasteiger partial charge in [0, 0.05) is 34.5 Å². The lowest BCUT2D eigenvalue weighted by Gasteiger charge is -2.14. The molecule has 0 aliphatic rings. The second-order valence-corrected chi connectivity index (χ2v) is 6.33. The Balaban J connectivity index is 2.36. The SMILES string of the molecule is CCS(=O)CCNC(C)C(=O)Nc1ccc(C)cc1. The Kier molecular flexibility index (Phi) is 6.73. The van der Waals surface area contributed by atoms with Gasteiger partial charge in [-0.05, 0) is 26.0 Å². The van der Waals surface area contributed by atoms with Gasteiger partial charge in [-0.3, -0.25) is 9.00 Å². The first-order chi connectivity index (χ1) is 9.02. The number of carbonyl (C=O) groups excluding carboxylic acids is 1. The fourth-order valence-corrected chi connectivity index (χ4v) is 2.15. The van der Waals surface area contributed by atoms with Gasteiger partial charge in [0.05, 0.1) is 6.04 Å². The van der Waals surface area contributed by atoms with E-state index in [0.717, 1.165) is 11.3 Å². The molecule has 0 radical (unpaired) electrons. The third-order valence-electron chi connectivity index (χ3n) is 2.81. The number of amides is 1. The molecule has 1 aromatic carbocycles. The number of rotatable bonds is 7. The maximum atomic E-state index is 11.9. The van der Waals surface area contributed by atoms with Gasteiger partial charge in [0.1, 0.15) is 0 Å². The van der Waals surface area contributed by atoms with Gasteiger partial charge in [-0.25, -0.2) is 0 Å². The first-order valence-electron chi connectivity index (χ1n) is 6.48. The van der Waals surface area contributed by atoms with E-state index in [9.17, 15) is 9.00 Å². The van der Waals surface area contributed by atoms with Crippen LogP contribution >= 0.6 is 0 Å². The van der Waals surface area contributed by atoms with Crippen LogP contribution in [-0.2, 0) is 15.6 Å². The van der Waals surface area contributed by atoms with E-state index in [1.807, 2.05) is 38.1 Å². The van der Waals surface area contributed by atoms with E-state index in [2.05, 4.69) is 10.6 Å². The molecule has 0 saturated carbocycles. The number of benzene rings is 1. The highest BCUT2D eigenvalue weighted by Crippen LogP contribution is 2.08. The molecule has 106 valence electrons. The Morgan fingerprint density at radius 3 is 2.53 bits per heavy atom. The van der Waals surface area contributed by atoms with Crippen molar-refractivity contribution in [2.75, 3.05) is 23.4 Å². The van der Waals surface area contributed by atoms with E-state index in [4.69, 9.17) is 0 Å². The minimum Gasteiger partial charge on any atom is -0.325 e. The number of nitrogens with one attached hydrogen (secondary N) is 2. The number of aryl methyl sites for hydroxylation is 1. The number of hydrogen-bond acceptors (Lipinski definition) is 3. The number of hydrogen-bond donors (Lipinski definition) is 2. The van der Waals surface area contributed by atoms with Crippen LogP contribution in [0.25, 0.3) is 0 Å². The molecule has 2 N–H and O–H groups in total. The molecule has 0 bridgehead atoms. The van der Waals surface area contributed by atoms with Crippen molar-refractivity contribution in [2.24, 2.45) is 0 Å². The summed E-state index contributed by atoms with van der Waals surface area (Å²) in [4.78, 5) is 11.9. The molecular weight excluding hydrogens is 260 g/mol. The zero-order valence-corrected chi connectivity index (χ0v) is 12.5. The Morgan fingerprint density at radius 2 is 1.95 bits per heavy atom. The fourth-order valence-electron chi connectivity index (χ4n) is 1.51. The summed E-state index contributed by atoms with van der Waals surface area (Å²) < 4.78 is 11.3. The zero-order chi connectivity index (χ0) is 14.3. The molecule has 0 aliphatic heterocycles. The number of anilines is 1. The molecule has 0 saturated heterocycles. The lowest BCUT2D eigenvalue weighted by molar-refractivity contribution is -0.117. The Morgan fingerprint density at radius 1 is 1.32 bits per heavy atom. The van der Waals surface area contributed by atoms with E-state index in [0.29, 0.717) is 18.1 Å². The predicted molar refractivity (Wildman–Crippen MR) is 80.8 cm³/mol. The van der Waals surface area contributed by atoms with Gasteiger partial charge in [0.2, 0.25) is 5.91 Å². The van der Waals surface area contributed by atoms with E-state index in [1.54, 1.807) is 6.92 Å². The van der Waals surface area contributed by atoms with Crippen molar-refractivity contribution in [3.63, 3.8) is 0 Å². The monoisotopic (exact) mass is 282 g/mol. The molecule has 0 aliphatic carbocycles. The third kappa shape index (κ3) is 5.98. The average Bonchev–Trinajstić information content (AvgIpc) is 2.40. The van der Waals surface area contributed by atoms with Crippen molar-refractivity contribution < 1.29 is 9.00 Å². The van der Waals surface area contributed by atoms with Crippen LogP contribution in [-0.4, -0.2) is 34.2 Å². The number of carbonyl (C=O) groups is 1. The van der Waals surface area contributed by atoms with Gasteiger partial charge in [0.25, 0.3) is 0 Å². The highest BCUT2D eigenvalue weighted by Gasteiger charge is 2.12. The van der Waals surface area contributed by atoms with Crippen LogP contribution in [0.1, 0.15) is 19.4 Å². The van der Waals surface area contributed by atoms with Crippen LogP contribution in [0, 0.1) is 6.92 Å². The summed E-state index contributed by atoms with van der Waals surface area (Å²) in [6, 6.07) is 7.38. The Hall–Kier alpha value is -1.20. The molecule has 1 aromatic rings. The van der Waals surface area contributed by atoms with Crippen molar-refractivity contribution in [3.8, 4) is 0 Å². The van der Waals surface area contributed by atoms with Crippen molar-refractivity contribution >= 4 is 22.4 Å². The lowest BCUT2D eigenvalue weighted by atomic mass is 10.2. The first-order valence-corrected chi connectivity index (χ1v) is 7.97. The van der Waals surface area contributed by atoms with E-state index in [1.165, 1.54) is 0 Å². The molecule has 2 atom stereocenters. The largest absolute Gasteiger partial charge is 0.325 e. The van der Waals surface area contributed by atoms with Crippen molar-refractivity contribution in [2.45, 2.75) is 26.8 Å². The molecule has 4 nitrogen and oxygen atoms in total. The molecule has 0 fully saturated rings. The van der Waals surface area contributed by atoms with Gasteiger partial charge < -0.3 is 10.6 Å². The van der Waals surface area contributed by atoms with Crippen LogP contribution in [0.15, 0.2) is 24.3 Å².